The largest absolute Gasteiger partial charge is 0.376 e. The van der Waals surface area contributed by atoms with Gasteiger partial charge in [-0.25, -0.2) is 4.39 Å². The first-order valence-corrected chi connectivity index (χ1v) is 5.45. The average molecular weight is 231 g/mol. The first kappa shape index (κ1) is 11.5. The van der Waals surface area contributed by atoms with Gasteiger partial charge >= 0.3 is 0 Å². The molecule has 0 amide bonds. The quantitative estimate of drug-likeness (QED) is 0.882. The predicted molar refractivity (Wildman–Crippen MR) is 65.2 cm³/mol. The summed E-state index contributed by atoms with van der Waals surface area (Å²) in [6.45, 7) is 3.96. The highest BCUT2D eigenvalue weighted by Crippen LogP contribution is 2.17. The van der Waals surface area contributed by atoms with Gasteiger partial charge in [0.1, 0.15) is 5.82 Å². The van der Waals surface area contributed by atoms with Crippen molar-refractivity contribution in [3.8, 4) is 0 Å². The minimum Gasteiger partial charge on any atom is -0.376 e. The lowest BCUT2D eigenvalue weighted by Gasteiger charge is -2.14. The molecule has 0 spiro atoms. The van der Waals surface area contributed by atoms with Gasteiger partial charge in [0.2, 0.25) is 0 Å². The van der Waals surface area contributed by atoms with Crippen molar-refractivity contribution in [3.63, 3.8) is 0 Å². The van der Waals surface area contributed by atoms with E-state index in [9.17, 15) is 4.39 Å². The summed E-state index contributed by atoms with van der Waals surface area (Å²) < 4.78 is 12.7. The number of hydrogen-bond donors (Lipinski definition) is 1. The highest BCUT2D eigenvalue weighted by Gasteiger charge is 2.06. The molecule has 2 rings (SSSR count). The monoisotopic (exact) mass is 231 g/mol. The molecule has 0 saturated heterocycles. The van der Waals surface area contributed by atoms with E-state index in [1.54, 1.807) is 18.5 Å². The Labute approximate surface area is 99.7 Å². The molecule has 17 heavy (non-hydrogen) atoms. The van der Waals surface area contributed by atoms with Gasteiger partial charge in [-0.05, 0) is 37.6 Å². The molecule has 2 heterocycles. The van der Waals surface area contributed by atoms with Gasteiger partial charge in [0.25, 0.3) is 0 Å². The molecule has 2 aromatic heterocycles. The molecule has 0 aliphatic rings. The lowest BCUT2D eigenvalue weighted by molar-refractivity contribution is 0.617. The van der Waals surface area contributed by atoms with Crippen molar-refractivity contribution in [2.24, 2.45) is 0 Å². The zero-order chi connectivity index (χ0) is 12.3. The highest BCUT2D eigenvalue weighted by atomic mass is 19.1. The zero-order valence-corrected chi connectivity index (χ0v) is 9.81. The van der Waals surface area contributed by atoms with Gasteiger partial charge in [0, 0.05) is 12.4 Å². The summed E-state index contributed by atoms with van der Waals surface area (Å²) in [5, 5.41) is 3.27. The fourth-order valence-corrected chi connectivity index (χ4v) is 1.60. The topological polar surface area (TPSA) is 37.8 Å². The molecular weight excluding hydrogens is 217 g/mol. The van der Waals surface area contributed by atoms with E-state index in [0.717, 1.165) is 16.9 Å². The zero-order valence-electron chi connectivity index (χ0n) is 9.81. The molecule has 0 radical (unpaired) electrons. The number of nitrogens with one attached hydrogen (secondary N) is 1. The van der Waals surface area contributed by atoms with Crippen molar-refractivity contribution in [1.29, 1.82) is 0 Å². The van der Waals surface area contributed by atoms with Crippen LogP contribution >= 0.6 is 0 Å². The molecule has 3 nitrogen and oxygen atoms in total. The Hall–Kier alpha value is -1.97. The van der Waals surface area contributed by atoms with Crippen molar-refractivity contribution in [3.05, 3.63) is 53.9 Å². The van der Waals surface area contributed by atoms with Gasteiger partial charge in [0.15, 0.2) is 0 Å². The van der Waals surface area contributed by atoms with E-state index in [-0.39, 0.29) is 11.9 Å². The molecule has 0 aliphatic carbocycles. The molecule has 0 fully saturated rings. The minimum atomic E-state index is -0.321. The molecule has 0 saturated carbocycles. The third kappa shape index (κ3) is 3.00. The Kier molecular flexibility index (Phi) is 3.32. The lowest BCUT2D eigenvalue weighted by atomic mass is 10.2. The molecule has 0 aliphatic heterocycles. The smallest absolute Gasteiger partial charge is 0.141 e. The summed E-state index contributed by atoms with van der Waals surface area (Å²) in [5.41, 5.74) is 2.82. The number of hydrogen-bond acceptors (Lipinski definition) is 3. The van der Waals surface area contributed by atoms with E-state index in [2.05, 4.69) is 15.3 Å². The number of aromatic nitrogens is 2. The Bertz CT molecular complexity index is 496. The summed E-state index contributed by atoms with van der Waals surface area (Å²) in [5.74, 6) is -0.321. The van der Waals surface area contributed by atoms with Crippen LogP contribution in [0.25, 0.3) is 0 Å². The summed E-state index contributed by atoms with van der Waals surface area (Å²) in [6, 6.07) is 5.11. The Morgan fingerprint density at radius 2 is 2.06 bits per heavy atom. The van der Waals surface area contributed by atoms with Gasteiger partial charge in [-0.3, -0.25) is 9.97 Å². The first-order valence-electron chi connectivity index (χ1n) is 5.45. The molecule has 1 N–H and O–H groups in total. The summed E-state index contributed by atoms with van der Waals surface area (Å²) in [7, 11) is 0. The second-order valence-electron chi connectivity index (χ2n) is 4.02. The third-order valence-electron chi connectivity index (χ3n) is 2.45. The maximum atomic E-state index is 12.7. The molecule has 1 unspecified atom stereocenters. The van der Waals surface area contributed by atoms with Crippen molar-refractivity contribution in [2.75, 3.05) is 5.32 Å². The van der Waals surface area contributed by atoms with Crippen LogP contribution in [0.5, 0.6) is 0 Å². The Morgan fingerprint density at radius 3 is 2.71 bits per heavy atom. The highest BCUT2D eigenvalue weighted by molar-refractivity contribution is 5.44. The van der Waals surface area contributed by atoms with Gasteiger partial charge in [0.05, 0.1) is 23.6 Å². The second-order valence-corrected chi connectivity index (χ2v) is 4.02. The number of halogens is 1. The Balaban J connectivity index is 2.11. The lowest BCUT2D eigenvalue weighted by Crippen LogP contribution is -2.08. The van der Waals surface area contributed by atoms with E-state index in [1.807, 2.05) is 19.9 Å². The van der Waals surface area contributed by atoms with Crippen molar-refractivity contribution >= 4 is 5.69 Å². The Morgan fingerprint density at radius 1 is 1.24 bits per heavy atom. The summed E-state index contributed by atoms with van der Waals surface area (Å²) in [6.07, 6.45) is 4.78. The number of anilines is 1. The van der Waals surface area contributed by atoms with E-state index in [4.69, 9.17) is 0 Å². The molecular formula is C13H14FN3. The van der Waals surface area contributed by atoms with Crippen molar-refractivity contribution in [1.82, 2.24) is 9.97 Å². The second kappa shape index (κ2) is 4.91. The van der Waals surface area contributed by atoms with E-state index < -0.39 is 0 Å². The first-order chi connectivity index (χ1) is 8.15. The number of rotatable bonds is 3. The average Bonchev–Trinajstić information content (AvgIpc) is 2.29. The van der Waals surface area contributed by atoms with Crippen LogP contribution in [-0.4, -0.2) is 9.97 Å². The van der Waals surface area contributed by atoms with E-state index in [1.165, 1.54) is 12.3 Å². The van der Waals surface area contributed by atoms with Crippen LogP contribution < -0.4 is 5.32 Å². The van der Waals surface area contributed by atoms with Gasteiger partial charge in [-0.2, -0.15) is 0 Å². The normalized spacial score (nSPS) is 12.2. The molecule has 2 aromatic rings. The summed E-state index contributed by atoms with van der Waals surface area (Å²) >= 11 is 0. The van der Waals surface area contributed by atoms with Crippen LogP contribution in [0.4, 0.5) is 10.1 Å². The van der Waals surface area contributed by atoms with Crippen LogP contribution in [0.1, 0.15) is 24.2 Å². The fraction of sp³-hybridized carbons (Fsp3) is 0.231. The maximum absolute atomic E-state index is 12.7. The SMILES string of the molecule is Cc1cncc(NC(C)c2ccc(F)cn2)c1. The fourth-order valence-electron chi connectivity index (χ4n) is 1.60. The predicted octanol–water partition coefficient (Wildman–Crippen LogP) is 3.10. The van der Waals surface area contributed by atoms with Crippen LogP contribution in [0.15, 0.2) is 36.8 Å². The molecule has 0 aromatic carbocycles. The summed E-state index contributed by atoms with van der Waals surface area (Å²) in [4.78, 5) is 8.14. The van der Waals surface area contributed by atoms with Crippen molar-refractivity contribution < 1.29 is 4.39 Å². The molecule has 4 heteroatoms. The molecule has 0 bridgehead atoms. The van der Waals surface area contributed by atoms with E-state index >= 15 is 0 Å². The van der Waals surface area contributed by atoms with Crippen LogP contribution in [0.2, 0.25) is 0 Å². The third-order valence-corrected chi connectivity index (χ3v) is 2.45. The van der Waals surface area contributed by atoms with Gasteiger partial charge < -0.3 is 5.32 Å². The van der Waals surface area contributed by atoms with Gasteiger partial charge in [-0.1, -0.05) is 0 Å². The number of nitrogens with zero attached hydrogens (tertiary/aromatic N) is 2. The van der Waals surface area contributed by atoms with E-state index in [0.29, 0.717) is 0 Å². The standard InChI is InChI=1S/C13H14FN3/c1-9-5-12(8-15-6-9)17-10(2)13-4-3-11(14)7-16-13/h3-8,10,17H,1-2H3. The van der Waals surface area contributed by atoms with Crippen LogP contribution in [-0.2, 0) is 0 Å². The van der Waals surface area contributed by atoms with Crippen LogP contribution in [0, 0.1) is 12.7 Å². The number of aryl methyl sites for hydroxylation is 1. The van der Waals surface area contributed by atoms with Crippen molar-refractivity contribution in [2.45, 2.75) is 19.9 Å². The minimum absolute atomic E-state index is 0.0131. The maximum Gasteiger partial charge on any atom is 0.141 e. The molecule has 1 atom stereocenters. The van der Waals surface area contributed by atoms with Gasteiger partial charge in [-0.15, -0.1) is 0 Å². The molecule has 88 valence electrons. The van der Waals surface area contributed by atoms with Crippen LogP contribution in [0.3, 0.4) is 0 Å². The number of pyridine rings is 2.